The molecule has 0 saturated heterocycles. The molecule has 7 heteroatoms. The summed E-state index contributed by atoms with van der Waals surface area (Å²) in [6.45, 7) is 0.490. The Hall–Kier alpha value is -1.79. The Labute approximate surface area is 143 Å². The fraction of sp³-hybridized carbons (Fsp3) is 0.188. The van der Waals surface area contributed by atoms with Gasteiger partial charge in [-0.25, -0.2) is 4.65 Å². The molecule has 23 heavy (non-hydrogen) atoms. The molecule has 2 aromatic rings. The van der Waals surface area contributed by atoms with Crippen LogP contribution < -0.4 is 14.3 Å². The molecular formula is C16H14Cl2N2O3. The predicted molar refractivity (Wildman–Crippen MR) is 92.2 cm³/mol. The van der Waals surface area contributed by atoms with Crippen molar-refractivity contribution in [3.05, 3.63) is 57.7 Å². The van der Waals surface area contributed by atoms with Gasteiger partial charge in [0.2, 0.25) is 0 Å². The zero-order valence-electron chi connectivity index (χ0n) is 12.3. The lowest BCUT2D eigenvalue weighted by Gasteiger charge is -2.44. The predicted octanol–water partition coefficient (Wildman–Crippen LogP) is 4.45. The van der Waals surface area contributed by atoms with Gasteiger partial charge in [0.05, 0.1) is 12.2 Å². The van der Waals surface area contributed by atoms with Crippen molar-refractivity contribution >= 4 is 40.7 Å². The van der Waals surface area contributed by atoms with Crippen molar-refractivity contribution in [3.8, 4) is 5.75 Å². The highest BCUT2D eigenvalue weighted by Crippen LogP contribution is 2.39. The van der Waals surface area contributed by atoms with Crippen LogP contribution in [0.1, 0.15) is 0 Å². The van der Waals surface area contributed by atoms with E-state index in [2.05, 4.69) is 0 Å². The van der Waals surface area contributed by atoms with E-state index < -0.39 is 10.7 Å². The number of halogens is 2. The van der Waals surface area contributed by atoms with Crippen molar-refractivity contribution in [1.82, 2.24) is 4.65 Å². The first-order chi connectivity index (χ1) is 10.9. The molecule has 0 fully saturated rings. The molecule has 1 amide bonds. The van der Waals surface area contributed by atoms with E-state index >= 15 is 0 Å². The summed E-state index contributed by atoms with van der Waals surface area (Å²) in [5.74, 6) is 0.273. The number of carbonyl (C=O) groups excluding carboxylic acids is 1. The van der Waals surface area contributed by atoms with Gasteiger partial charge in [0, 0.05) is 23.2 Å². The summed E-state index contributed by atoms with van der Waals surface area (Å²) in [7, 11) is 1.86. The fourth-order valence-corrected chi connectivity index (χ4v) is 2.80. The summed E-state index contributed by atoms with van der Waals surface area (Å²) in [4.78, 5) is 14.4. The van der Waals surface area contributed by atoms with E-state index in [4.69, 9.17) is 27.9 Å². The summed E-state index contributed by atoms with van der Waals surface area (Å²) >= 11 is 11.8. The maximum atomic E-state index is 13.2. The monoisotopic (exact) mass is 352 g/mol. The van der Waals surface area contributed by atoms with Gasteiger partial charge in [-0.3, -0.25) is 0 Å². The van der Waals surface area contributed by atoms with E-state index in [-0.39, 0.29) is 18.0 Å². The third-order valence-electron chi connectivity index (χ3n) is 3.80. The summed E-state index contributed by atoms with van der Waals surface area (Å²) in [5, 5.41) is 14.1. The number of carbonyl (C=O) groups is 1. The largest absolute Gasteiger partial charge is 0.617 e. The van der Waals surface area contributed by atoms with Crippen molar-refractivity contribution in [1.29, 1.82) is 0 Å². The quantitative estimate of drug-likeness (QED) is 0.562. The van der Waals surface area contributed by atoms with Gasteiger partial charge in [0.1, 0.15) is 12.3 Å². The van der Waals surface area contributed by atoms with Crippen LogP contribution in [-0.4, -0.2) is 26.2 Å². The summed E-state index contributed by atoms with van der Waals surface area (Å²) in [5.41, 5.74) is 0.953. The molecule has 2 aromatic carbocycles. The van der Waals surface area contributed by atoms with Crippen LogP contribution >= 0.6 is 23.2 Å². The smallest absolute Gasteiger partial charge is 0.526 e. The minimum Gasteiger partial charge on any atom is -0.617 e. The molecule has 1 aliphatic rings. The molecule has 5 nitrogen and oxygen atoms in total. The summed E-state index contributed by atoms with van der Waals surface area (Å²) in [6, 6.07) is 11.2. The van der Waals surface area contributed by atoms with Crippen LogP contribution in [0.3, 0.4) is 0 Å². The Bertz CT molecular complexity index is 751. The number of rotatable bonds is 1. The Morgan fingerprint density at radius 2 is 1.83 bits per heavy atom. The zero-order chi connectivity index (χ0) is 16.6. The lowest BCUT2D eigenvalue weighted by atomic mass is 10.2. The van der Waals surface area contributed by atoms with Crippen LogP contribution in [0.4, 0.5) is 16.2 Å². The minimum atomic E-state index is -1.21. The number of quaternary nitrogens is 1. The van der Waals surface area contributed by atoms with Gasteiger partial charge in [-0.15, -0.1) is 0 Å². The van der Waals surface area contributed by atoms with Crippen molar-refractivity contribution in [2.45, 2.75) is 0 Å². The zero-order valence-corrected chi connectivity index (χ0v) is 13.8. The number of benzene rings is 2. The number of ether oxygens (including phenoxy) is 1. The maximum Gasteiger partial charge on any atom is 0.526 e. The van der Waals surface area contributed by atoms with Gasteiger partial charge < -0.3 is 14.8 Å². The number of likely N-dealkylation sites (N-methyl/N-ethyl adjacent to an activating group) is 1. The van der Waals surface area contributed by atoms with Crippen LogP contribution in [0, 0.1) is 5.21 Å². The average Bonchev–Trinajstić information content (AvgIpc) is 2.53. The van der Waals surface area contributed by atoms with Crippen molar-refractivity contribution in [3.63, 3.8) is 0 Å². The van der Waals surface area contributed by atoms with E-state index in [1.165, 1.54) is 6.07 Å². The molecule has 0 saturated carbocycles. The van der Waals surface area contributed by atoms with Gasteiger partial charge in [0.15, 0.2) is 5.69 Å². The Kier molecular flexibility index (Phi) is 4.21. The van der Waals surface area contributed by atoms with Gasteiger partial charge in [0.25, 0.3) is 0 Å². The number of anilines is 1. The highest BCUT2D eigenvalue weighted by molar-refractivity contribution is 6.31. The molecule has 1 atom stereocenters. The molecule has 1 aliphatic heterocycles. The highest BCUT2D eigenvalue weighted by atomic mass is 35.5. The van der Waals surface area contributed by atoms with E-state index in [0.29, 0.717) is 22.3 Å². The average molecular weight is 353 g/mol. The lowest BCUT2D eigenvalue weighted by molar-refractivity contribution is 0.170. The molecular weight excluding hydrogens is 339 g/mol. The van der Waals surface area contributed by atoms with Crippen LogP contribution in [0.2, 0.25) is 10.0 Å². The number of hydroxylamine groups is 2. The number of nitrogens with zero attached hydrogens (tertiary/aromatic N) is 2. The molecule has 0 aromatic heterocycles. The number of fused-ring (bicyclic) bond motifs is 1. The third-order valence-corrected chi connectivity index (χ3v) is 4.29. The van der Waals surface area contributed by atoms with Gasteiger partial charge in [-0.2, -0.15) is 4.79 Å². The maximum absolute atomic E-state index is 13.2. The second-order valence-corrected chi connectivity index (χ2v) is 6.21. The van der Waals surface area contributed by atoms with Gasteiger partial charge in [-0.05, 0) is 36.4 Å². The van der Waals surface area contributed by atoms with E-state index in [9.17, 15) is 10.0 Å². The molecule has 0 bridgehead atoms. The molecule has 3 rings (SSSR count). The summed E-state index contributed by atoms with van der Waals surface area (Å²) in [6.07, 6.45) is -0.899. The molecule has 0 N–H and O–H groups in total. The number of amides is 1. The van der Waals surface area contributed by atoms with E-state index in [0.717, 1.165) is 0 Å². The van der Waals surface area contributed by atoms with Gasteiger partial charge in [-0.1, -0.05) is 23.2 Å². The minimum absolute atomic E-state index is 0.0519. The van der Waals surface area contributed by atoms with Crippen LogP contribution in [0.5, 0.6) is 5.75 Å². The first-order valence-electron chi connectivity index (χ1n) is 6.98. The normalized spacial score (nSPS) is 20.1. The molecule has 1 heterocycles. The van der Waals surface area contributed by atoms with E-state index in [1.807, 2.05) is 11.9 Å². The molecule has 0 aliphatic carbocycles. The van der Waals surface area contributed by atoms with E-state index in [1.54, 1.807) is 36.4 Å². The second-order valence-electron chi connectivity index (χ2n) is 5.34. The van der Waals surface area contributed by atoms with Crippen molar-refractivity contribution in [2.75, 3.05) is 25.0 Å². The van der Waals surface area contributed by atoms with Crippen LogP contribution in [0.25, 0.3) is 0 Å². The third kappa shape index (κ3) is 3.01. The Morgan fingerprint density at radius 3 is 2.52 bits per heavy atom. The Balaban J connectivity index is 1.95. The first-order valence-corrected chi connectivity index (χ1v) is 7.74. The van der Waals surface area contributed by atoms with Gasteiger partial charge >= 0.3 is 6.09 Å². The van der Waals surface area contributed by atoms with Crippen LogP contribution in [-0.2, 0) is 0 Å². The van der Waals surface area contributed by atoms with Crippen molar-refractivity contribution in [2.24, 2.45) is 0 Å². The fourth-order valence-electron chi connectivity index (χ4n) is 2.51. The summed E-state index contributed by atoms with van der Waals surface area (Å²) < 4.78 is 4.04. The highest BCUT2D eigenvalue weighted by Gasteiger charge is 2.39. The SMILES string of the molecule is CN1CC[N+]([O-])(C(=O)Oc2ccc(Cl)cc2)c2cc(Cl)ccc21. The first kappa shape index (κ1) is 16.1. The molecule has 0 spiro atoms. The number of hydrogen-bond acceptors (Lipinski definition) is 4. The molecule has 120 valence electrons. The topological polar surface area (TPSA) is 52.6 Å². The lowest BCUT2D eigenvalue weighted by Crippen LogP contribution is -2.57. The molecule has 0 radical (unpaired) electrons. The molecule has 1 unspecified atom stereocenters. The standard InChI is InChI=1S/C16H14Cl2N2O3/c1-19-8-9-20(22,15-10-12(18)4-7-14(15)19)16(21)23-13-5-2-11(17)3-6-13/h2-7,10H,8-9H2,1H3. The number of hydrogen-bond donors (Lipinski definition) is 0. The van der Waals surface area contributed by atoms with Crippen molar-refractivity contribution < 1.29 is 9.53 Å². The second kappa shape index (κ2) is 6.02. The Morgan fingerprint density at radius 1 is 1.17 bits per heavy atom. The van der Waals surface area contributed by atoms with Crippen LogP contribution in [0.15, 0.2) is 42.5 Å².